The zero-order chi connectivity index (χ0) is 21.0. The average molecular weight is 416 g/mol. The highest BCUT2D eigenvalue weighted by Crippen LogP contribution is 2.34. The number of methoxy groups -OCH3 is 1. The molecule has 29 heavy (non-hydrogen) atoms. The summed E-state index contributed by atoms with van der Waals surface area (Å²) < 4.78 is 31.2. The minimum Gasteiger partial charge on any atom is -0.497 e. The van der Waals surface area contributed by atoms with Gasteiger partial charge in [-0.25, -0.2) is 13.4 Å². The van der Waals surface area contributed by atoms with Crippen LogP contribution in [0.25, 0.3) is 0 Å². The van der Waals surface area contributed by atoms with Crippen LogP contribution >= 0.6 is 0 Å². The molecule has 0 saturated heterocycles. The molecule has 1 N–H and O–H groups in total. The predicted molar refractivity (Wildman–Crippen MR) is 114 cm³/mol. The van der Waals surface area contributed by atoms with Gasteiger partial charge in [0.1, 0.15) is 5.75 Å². The summed E-state index contributed by atoms with van der Waals surface area (Å²) in [5.41, 5.74) is 3.13. The first kappa shape index (κ1) is 20.9. The number of ether oxygens (including phenoxy) is 1. The van der Waals surface area contributed by atoms with Crippen molar-refractivity contribution in [2.75, 3.05) is 17.6 Å². The third kappa shape index (κ3) is 4.76. The van der Waals surface area contributed by atoms with Gasteiger partial charge in [0.05, 0.1) is 24.6 Å². The Morgan fingerprint density at radius 3 is 2.34 bits per heavy atom. The zero-order valence-corrected chi connectivity index (χ0v) is 17.6. The molecular formula is C21H25N3O4S. The summed E-state index contributed by atoms with van der Waals surface area (Å²) in [5.74, 6) is 0.721. The normalized spacial score (nSPS) is 16.4. The number of hydrogen-bond acceptors (Lipinski definition) is 5. The number of sulfonamides is 1. The summed E-state index contributed by atoms with van der Waals surface area (Å²) in [6, 6.07) is 14.5. The van der Waals surface area contributed by atoms with Crippen LogP contribution < -0.4 is 9.46 Å². The maximum Gasteiger partial charge on any atom is 0.242 e. The van der Waals surface area contributed by atoms with E-state index in [2.05, 4.69) is 9.82 Å². The molecule has 2 aromatic rings. The molecule has 8 heteroatoms. The van der Waals surface area contributed by atoms with Crippen LogP contribution in [-0.4, -0.2) is 37.9 Å². The molecule has 1 heterocycles. The molecule has 0 aromatic heterocycles. The van der Waals surface area contributed by atoms with E-state index < -0.39 is 10.0 Å². The lowest BCUT2D eigenvalue weighted by Gasteiger charge is -2.21. The fourth-order valence-corrected chi connectivity index (χ4v) is 3.78. The second kappa shape index (κ2) is 8.65. The minimum atomic E-state index is -3.32. The molecule has 0 unspecified atom stereocenters. The Bertz CT molecular complexity index is 999. The Hall–Kier alpha value is -2.87. The lowest BCUT2D eigenvalue weighted by Crippen LogP contribution is -2.26. The van der Waals surface area contributed by atoms with Gasteiger partial charge in [0, 0.05) is 18.5 Å². The van der Waals surface area contributed by atoms with Gasteiger partial charge < -0.3 is 4.74 Å². The van der Waals surface area contributed by atoms with Crippen LogP contribution in [0.2, 0.25) is 0 Å². The molecule has 0 saturated carbocycles. The Kier molecular flexibility index (Phi) is 6.22. The van der Waals surface area contributed by atoms with Crippen molar-refractivity contribution in [2.24, 2.45) is 5.10 Å². The molecule has 0 aliphatic carbocycles. The average Bonchev–Trinajstić information content (AvgIpc) is 3.19. The van der Waals surface area contributed by atoms with Gasteiger partial charge in [0.2, 0.25) is 15.9 Å². The van der Waals surface area contributed by atoms with Crippen molar-refractivity contribution in [1.82, 2.24) is 5.01 Å². The van der Waals surface area contributed by atoms with E-state index in [4.69, 9.17) is 4.74 Å². The summed E-state index contributed by atoms with van der Waals surface area (Å²) in [6.07, 6.45) is 0.944. The molecule has 7 nitrogen and oxygen atoms in total. The van der Waals surface area contributed by atoms with E-state index in [1.807, 2.05) is 43.3 Å². The topological polar surface area (TPSA) is 88.1 Å². The van der Waals surface area contributed by atoms with Gasteiger partial charge in [-0.2, -0.15) is 5.10 Å². The highest BCUT2D eigenvalue weighted by molar-refractivity contribution is 7.92. The maximum atomic E-state index is 12.5. The molecule has 0 spiro atoms. The number of hydrazone groups is 1. The maximum absolute atomic E-state index is 12.5. The molecular weight excluding hydrogens is 390 g/mol. The SMILES string of the molecule is CCC(=O)N1N=C(c2ccc(NS(=O)(=O)CC)cc2)C[C@H]1c1ccc(OC)cc1. The second-order valence-corrected chi connectivity index (χ2v) is 8.73. The Labute approximate surface area is 171 Å². The van der Waals surface area contributed by atoms with Crippen molar-refractivity contribution in [3.8, 4) is 5.75 Å². The lowest BCUT2D eigenvalue weighted by molar-refractivity contribution is -0.132. The second-order valence-electron chi connectivity index (χ2n) is 6.71. The van der Waals surface area contributed by atoms with Crippen LogP contribution in [0.4, 0.5) is 5.69 Å². The minimum absolute atomic E-state index is 0.0130. The number of amides is 1. The largest absolute Gasteiger partial charge is 0.497 e. The van der Waals surface area contributed by atoms with Crippen molar-refractivity contribution < 1.29 is 17.9 Å². The van der Waals surface area contributed by atoms with Gasteiger partial charge >= 0.3 is 0 Å². The molecule has 1 aliphatic heterocycles. The Morgan fingerprint density at radius 1 is 1.14 bits per heavy atom. The number of nitrogens with zero attached hydrogens (tertiary/aromatic N) is 2. The molecule has 3 rings (SSSR count). The number of hydrogen-bond donors (Lipinski definition) is 1. The molecule has 154 valence electrons. The molecule has 2 aromatic carbocycles. The standard InChI is InChI=1S/C21H25N3O4S/c1-4-21(25)24-20(16-8-12-18(28-3)13-9-16)14-19(22-24)15-6-10-17(11-7-15)23-29(26,27)5-2/h6-13,20,23H,4-5,14H2,1-3H3/t20-/m0/s1. The van der Waals surface area contributed by atoms with E-state index in [1.54, 1.807) is 31.2 Å². The van der Waals surface area contributed by atoms with Crippen LogP contribution in [0.15, 0.2) is 53.6 Å². The molecule has 1 amide bonds. The van der Waals surface area contributed by atoms with Crippen LogP contribution in [0, 0.1) is 0 Å². The van der Waals surface area contributed by atoms with E-state index in [1.165, 1.54) is 0 Å². The van der Waals surface area contributed by atoms with Crippen molar-refractivity contribution in [1.29, 1.82) is 0 Å². The van der Waals surface area contributed by atoms with Gasteiger partial charge in [-0.05, 0) is 42.3 Å². The number of carbonyl (C=O) groups excluding carboxylic acids is 1. The quantitative estimate of drug-likeness (QED) is 0.749. The first-order valence-corrected chi connectivity index (χ1v) is 11.2. The van der Waals surface area contributed by atoms with Crippen LogP contribution in [0.1, 0.15) is 43.9 Å². The van der Waals surface area contributed by atoms with E-state index in [0.717, 1.165) is 22.6 Å². The highest BCUT2D eigenvalue weighted by Gasteiger charge is 2.32. The molecule has 0 radical (unpaired) electrons. The number of rotatable bonds is 7. The lowest BCUT2D eigenvalue weighted by atomic mass is 9.98. The van der Waals surface area contributed by atoms with Crippen molar-refractivity contribution >= 4 is 27.3 Å². The third-order valence-electron chi connectivity index (χ3n) is 4.84. The van der Waals surface area contributed by atoms with Gasteiger partial charge in [-0.15, -0.1) is 0 Å². The Balaban J connectivity index is 1.84. The Morgan fingerprint density at radius 2 is 1.79 bits per heavy atom. The van der Waals surface area contributed by atoms with Crippen LogP contribution in [0.3, 0.4) is 0 Å². The van der Waals surface area contributed by atoms with Crippen LogP contribution in [-0.2, 0) is 14.8 Å². The van der Waals surface area contributed by atoms with E-state index in [-0.39, 0.29) is 17.7 Å². The molecule has 0 bridgehead atoms. The monoisotopic (exact) mass is 415 g/mol. The predicted octanol–water partition coefficient (Wildman–Crippen LogP) is 3.54. The molecule has 1 atom stereocenters. The van der Waals surface area contributed by atoms with Crippen LogP contribution in [0.5, 0.6) is 5.75 Å². The molecule has 0 fully saturated rings. The third-order valence-corrected chi connectivity index (χ3v) is 6.15. The van der Waals surface area contributed by atoms with Crippen molar-refractivity contribution in [3.63, 3.8) is 0 Å². The van der Waals surface area contributed by atoms with Gasteiger partial charge in [0.15, 0.2) is 0 Å². The summed E-state index contributed by atoms with van der Waals surface area (Å²) in [5, 5.41) is 6.13. The highest BCUT2D eigenvalue weighted by atomic mass is 32.2. The first-order valence-electron chi connectivity index (χ1n) is 9.51. The summed E-state index contributed by atoms with van der Waals surface area (Å²) >= 11 is 0. The van der Waals surface area contributed by atoms with E-state index in [9.17, 15) is 13.2 Å². The smallest absolute Gasteiger partial charge is 0.242 e. The number of nitrogens with one attached hydrogen (secondary N) is 1. The zero-order valence-electron chi connectivity index (χ0n) is 16.8. The fourth-order valence-electron chi connectivity index (χ4n) is 3.14. The number of carbonyl (C=O) groups is 1. The number of benzene rings is 2. The van der Waals surface area contributed by atoms with Crippen molar-refractivity contribution in [2.45, 2.75) is 32.7 Å². The number of anilines is 1. The summed E-state index contributed by atoms with van der Waals surface area (Å²) in [7, 11) is -1.71. The van der Waals surface area contributed by atoms with Gasteiger partial charge in [-0.3, -0.25) is 9.52 Å². The summed E-state index contributed by atoms with van der Waals surface area (Å²) in [4.78, 5) is 12.5. The van der Waals surface area contributed by atoms with Gasteiger partial charge in [-0.1, -0.05) is 31.2 Å². The van der Waals surface area contributed by atoms with Gasteiger partial charge in [0.25, 0.3) is 0 Å². The van der Waals surface area contributed by atoms with Crippen molar-refractivity contribution in [3.05, 3.63) is 59.7 Å². The van der Waals surface area contributed by atoms with E-state index >= 15 is 0 Å². The first-order chi connectivity index (χ1) is 13.9. The molecule has 1 aliphatic rings. The van der Waals surface area contributed by atoms with E-state index in [0.29, 0.717) is 18.5 Å². The fraction of sp³-hybridized carbons (Fsp3) is 0.333. The summed E-state index contributed by atoms with van der Waals surface area (Å²) in [6.45, 7) is 3.40.